The van der Waals surface area contributed by atoms with Gasteiger partial charge in [0.15, 0.2) is 0 Å². The molecule has 122 valence electrons. The summed E-state index contributed by atoms with van der Waals surface area (Å²) in [4.78, 5) is 4.61. The fourth-order valence-corrected chi connectivity index (χ4v) is 2.88. The monoisotopic (exact) mass is 317 g/mol. The lowest BCUT2D eigenvalue weighted by atomic mass is 9.96. The van der Waals surface area contributed by atoms with E-state index in [0.29, 0.717) is 0 Å². The minimum Gasteiger partial charge on any atom is -0.490 e. The molecule has 0 saturated carbocycles. The molecule has 0 bridgehead atoms. The van der Waals surface area contributed by atoms with Crippen LogP contribution in [0.3, 0.4) is 0 Å². The predicted octanol–water partition coefficient (Wildman–Crippen LogP) is 5.48. The second kappa shape index (κ2) is 7.31. The highest BCUT2D eigenvalue weighted by molar-refractivity contribution is 6.20. The number of hydrogen-bond donors (Lipinski definition) is 0. The molecular weight excluding hydrogens is 294 g/mol. The second-order valence-electron chi connectivity index (χ2n) is 5.93. The number of aliphatic imine (C=N–C) groups is 1. The summed E-state index contributed by atoms with van der Waals surface area (Å²) in [6.07, 6.45) is 1.15. The van der Waals surface area contributed by atoms with Crippen molar-refractivity contribution in [2.75, 3.05) is 7.05 Å². The maximum Gasteiger partial charge on any atom is 0.129 e. The van der Waals surface area contributed by atoms with Crippen molar-refractivity contribution in [2.24, 2.45) is 4.99 Å². The van der Waals surface area contributed by atoms with E-state index in [1.54, 1.807) is 0 Å². The largest absolute Gasteiger partial charge is 0.490 e. The van der Waals surface area contributed by atoms with Crippen LogP contribution < -0.4 is 4.74 Å². The van der Waals surface area contributed by atoms with Gasteiger partial charge in [0.2, 0.25) is 0 Å². The number of benzene rings is 3. The van der Waals surface area contributed by atoms with Crippen LogP contribution in [-0.2, 0) is 0 Å². The van der Waals surface area contributed by atoms with Gasteiger partial charge in [0.1, 0.15) is 5.75 Å². The van der Waals surface area contributed by atoms with E-state index < -0.39 is 0 Å². The maximum atomic E-state index is 6.13. The fourth-order valence-electron chi connectivity index (χ4n) is 2.88. The van der Waals surface area contributed by atoms with E-state index in [9.17, 15) is 0 Å². The Hall–Kier alpha value is -2.61. The molecule has 0 N–H and O–H groups in total. The number of nitrogens with zero attached hydrogens (tertiary/aromatic N) is 1. The quantitative estimate of drug-likeness (QED) is 0.571. The molecule has 0 heterocycles. The number of rotatable bonds is 5. The van der Waals surface area contributed by atoms with Gasteiger partial charge in [-0.2, -0.15) is 0 Å². The first-order chi connectivity index (χ1) is 11.7. The van der Waals surface area contributed by atoms with Gasteiger partial charge in [-0.15, -0.1) is 0 Å². The number of hydrogen-bond acceptors (Lipinski definition) is 2. The molecule has 3 rings (SSSR count). The van der Waals surface area contributed by atoms with Crippen molar-refractivity contribution in [3.63, 3.8) is 0 Å². The molecule has 3 aromatic rings. The lowest BCUT2D eigenvalue weighted by Crippen LogP contribution is -2.13. The number of ether oxygens (including phenoxy) is 1. The number of para-hydroxylation sites is 1. The Morgan fingerprint density at radius 3 is 2.38 bits per heavy atom. The third kappa shape index (κ3) is 3.18. The van der Waals surface area contributed by atoms with Gasteiger partial charge in [-0.25, -0.2) is 0 Å². The van der Waals surface area contributed by atoms with Gasteiger partial charge in [0, 0.05) is 18.2 Å². The third-order valence-electron chi connectivity index (χ3n) is 4.31. The van der Waals surface area contributed by atoms with E-state index >= 15 is 0 Å². The highest BCUT2D eigenvalue weighted by Crippen LogP contribution is 2.27. The Kier molecular flexibility index (Phi) is 4.95. The van der Waals surface area contributed by atoms with Gasteiger partial charge in [-0.05, 0) is 36.2 Å². The highest BCUT2D eigenvalue weighted by Gasteiger charge is 2.15. The van der Waals surface area contributed by atoms with Crippen LogP contribution in [0.5, 0.6) is 5.75 Å². The zero-order valence-corrected chi connectivity index (χ0v) is 14.5. The average molecular weight is 317 g/mol. The molecule has 0 spiro atoms. The Morgan fingerprint density at radius 2 is 1.58 bits per heavy atom. The standard InChI is InChI=1S/C22H23NO/c1-4-16(2)24-21-15-8-7-13-20(21)22(23-3)19-14-9-11-17-10-5-6-12-18(17)19/h5-16H,4H2,1-3H3/t16-/m1/s1. The van der Waals surface area contributed by atoms with Gasteiger partial charge in [-0.3, -0.25) is 4.99 Å². The first-order valence-electron chi connectivity index (χ1n) is 8.45. The zero-order valence-electron chi connectivity index (χ0n) is 14.5. The Labute approximate surface area is 143 Å². The van der Waals surface area contributed by atoms with Gasteiger partial charge in [0.05, 0.1) is 11.8 Å². The molecular formula is C22H23NO. The van der Waals surface area contributed by atoms with Crippen LogP contribution in [0.25, 0.3) is 10.8 Å². The summed E-state index contributed by atoms with van der Waals surface area (Å²) < 4.78 is 6.13. The first-order valence-corrected chi connectivity index (χ1v) is 8.45. The number of fused-ring (bicyclic) bond motifs is 1. The zero-order chi connectivity index (χ0) is 16.9. The molecule has 0 saturated heterocycles. The van der Waals surface area contributed by atoms with Crippen LogP contribution in [0.15, 0.2) is 71.7 Å². The van der Waals surface area contributed by atoms with E-state index in [-0.39, 0.29) is 6.10 Å². The van der Waals surface area contributed by atoms with Crippen molar-refractivity contribution in [3.8, 4) is 5.75 Å². The van der Waals surface area contributed by atoms with Crippen molar-refractivity contribution in [1.82, 2.24) is 0 Å². The molecule has 0 radical (unpaired) electrons. The molecule has 2 nitrogen and oxygen atoms in total. The van der Waals surface area contributed by atoms with E-state index in [4.69, 9.17) is 4.74 Å². The highest BCUT2D eigenvalue weighted by atomic mass is 16.5. The lowest BCUT2D eigenvalue weighted by molar-refractivity contribution is 0.217. The molecule has 0 aliphatic heterocycles. The van der Waals surface area contributed by atoms with Crippen LogP contribution in [0.2, 0.25) is 0 Å². The summed E-state index contributed by atoms with van der Waals surface area (Å²) in [5, 5.41) is 2.43. The fraction of sp³-hybridized carbons (Fsp3) is 0.227. The summed E-state index contributed by atoms with van der Waals surface area (Å²) in [6, 6.07) is 22.9. The van der Waals surface area contributed by atoms with Crippen LogP contribution in [-0.4, -0.2) is 18.9 Å². The molecule has 0 amide bonds. The topological polar surface area (TPSA) is 21.6 Å². The molecule has 0 fully saturated rings. The van der Waals surface area contributed by atoms with Crippen LogP contribution in [0.4, 0.5) is 0 Å². The minimum absolute atomic E-state index is 0.178. The normalized spacial score (nSPS) is 13.0. The summed E-state index contributed by atoms with van der Waals surface area (Å²) in [7, 11) is 1.84. The molecule has 0 aliphatic carbocycles. The Morgan fingerprint density at radius 1 is 0.917 bits per heavy atom. The van der Waals surface area contributed by atoms with Crippen LogP contribution in [0, 0.1) is 0 Å². The molecule has 0 unspecified atom stereocenters. The maximum absolute atomic E-state index is 6.13. The van der Waals surface area contributed by atoms with E-state index in [1.165, 1.54) is 10.8 Å². The SMILES string of the molecule is CC[C@@H](C)Oc1ccccc1C(=NC)c1cccc2ccccc12. The molecule has 24 heavy (non-hydrogen) atoms. The van der Waals surface area contributed by atoms with E-state index in [0.717, 1.165) is 29.0 Å². The van der Waals surface area contributed by atoms with Crippen molar-refractivity contribution in [1.29, 1.82) is 0 Å². The summed E-state index contributed by atoms with van der Waals surface area (Å²) in [5.74, 6) is 0.889. The molecule has 3 aromatic carbocycles. The lowest BCUT2D eigenvalue weighted by Gasteiger charge is -2.18. The molecule has 0 aliphatic rings. The first kappa shape index (κ1) is 16.3. The van der Waals surface area contributed by atoms with E-state index in [1.807, 2.05) is 25.2 Å². The molecule has 1 atom stereocenters. The van der Waals surface area contributed by atoms with Crippen molar-refractivity contribution in [2.45, 2.75) is 26.4 Å². The smallest absolute Gasteiger partial charge is 0.129 e. The van der Waals surface area contributed by atoms with Gasteiger partial charge in [0.25, 0.3) is 0 Å². The van der Waals surface area contributed by atoms with Gasteiger partial charge < -0.3 is 4.74 Å². The summed E-state index contributed by atoms with van der Waals surface area (Å²) >= 11 is 0. The summed E-state index contributed by atoms with van der Waals surface area (Å²) in [6.45, 7) is 4.23. The predicted molar refractivity (Wildman–Crippen MR) is 102 cm³/mol. The molecule has 0 aromatic heterocycles. The average Bonchev–Trinajstić information content (AvgIpc) is 2.63. The Bertz CT molecular complexity index is 861. The van der Waals surface area contributed by atoms with Crippen molar-refractivity contribution in [3.05, 3.63) is 77.9 Å². The minimum atomic E-state index is 0.178. The Balaban J connectivity index is 2.13. The summed E-state index contributed by atoms with van der Waals surface area (Å²) in [5.41, 5.74) is 3.14. The molecule has 2 heteroatoms. The van der Waals surface area contributed by atoms with Crippen molar-refractivity contribution >= 4 is 16.5 Å². The van der Waals surface area contributed by atoms with Gasteiger partial charge >= 0.3 is 0 Å². The van der Waals surface area contributed by atoms with E-state index in [2.05, 4.69) is 67.4 Å². The van der Waals surface area contributed by atoms with Gasteiger partial charge in [-0.1, -0.05) is 61.5 Å². The van der Waals surface area contributed by atoms with Crippen LogP contribution in [0.1, 0.15) is 31.4 Å². The van der Waals surface area contributed by atoms with Crippen LogP contribution >= 0.6 is 0 Å². The van der Waals surface area contributed by atoms with Crippen molar-refractivity contribution < 1.29 is 4.74 Å². The second-order valence-corrected chi connectivity index (χ2v) is 5.93. The third-order valence-corrected chi connectivity index (χ3v) is 4.31.